The Morgan fingerprint density at radius 1 is 1.62 bits per heavy atom. The Morgan fingerprint density at radius 2 is 2.15 bits per heavy atom. The molecule has 0 rings (SSSR count). The molecule has 3 N–H and O–H groups in total. The van der Waals surface area contributed by atoms with E-state index in [1.807, 2.05) is 26.0 Å². The molecule has 0 spiro atoms. The molecule has 0 aromatic heterocycles. The van der Waals surface area contributed by atoms with Gasteiger partial charge in [-0.2, -0.15) is 0 Å². The van der Waals surface area contributed by atoms with Crippen LogP contribution in [0.2, 0.25) is 0 Å². The Hall–Kier alpha value is -0.830. The summed E-state index contributed by atoms with van der Waals surface area (Å²) in [5.41, 5.74) is 5.05. The minimum atomic E-state index is -0.953. The Labute approximate surface area is 79.6 Å². The van der Waals surface area contributed by atoms with Gasteiger partial charge in [-0.1, -0.05) is 39.3 Å². The second-order valence-corrected chi connectivity index (χ2v) is 3.83. The van der Waals surface area contributed by atoms with Crippen LogP contribution in [0.3, 0.4) is 0 Å². The Balaban J connectivity index is 4.29. The average Bonchev–Trinajstić information content (AvgIpc) is 2.03. The van der Waals surface area contributed by atoms with E-state index < -0.39 is 17.4 Å². The van der Waals surface area contributed by atoms with Gasteiger partial charge in [0.25, 0.3) is 0 Å². The summed E-state index contributed by atoms with van der Waals surface area (Å²) >= 11 is 0. The van der Waals surface area contributed by atoms with Gasteiger partial charge < -0.3 is 10.8 Å². The van der Waals surface area contributed by atoms with Crippen LogP contribution in [0.5, 0.6) is 0 Å². The van der Waals surface area contributed by atoms with Crippen LogP contribution in [-0.2, 0) is 4.79 Å². The highest BCUT2D eigenvalue weighted by molar-refractivity contribution is 5.74. The van der Waals surface area contributed by atoms with Crippen LogP contribution in [0.4, 0.5) is 0 Å². The molecular formula is C10H19NO2. The molecule has 3 nitrogen and oxygen atoms in total. The maximum Gasteiger partial charge on any atom is 0.321 e. The monoisotopic (exact) mass is 185 g/mol. The zero-order valence-electron chi connectivity index (χ0n) is 8.58. The third-order valence-corrected chi connectivity index (χ3v) is 2.07. The highest BCUT2D eigenvalue weighted by Gasteiger charge is 2.29. The SMILES string of the molecule is CCC/C=C/C(C)(C)C(N)C(=O)O. The van der Waals surface area contributed by atoms with Crippen LogP contribution in [0.1, 0.15) is 33.6 Å². The van der Waals surface area contributed by atoms with Gasteiger partial charge in [-0.15, -0.1) is 0 Å². The number of nitrogens with two attached hydrogens (primary N) is 1. The number of carboxylic acids is 1. The maximum atomic E-state index is 10.6. The van der Waals surface area contributed by atoms with Crippen molar-refractivity contribution in [2.75, 3.05) is 0 Å². The van der Waals surface area contributed by atoms with Crippen LogP contribution in [0, 0.1) is 5.41 Å². The summed E-state index contributed by atoms with van der Waals surface area (Å²) in [4.78, 5) is 10.6. The topological polar surface area (TPSA) is 63.3 Å². The third-order valence-electron chi connectivity index (χ3n) is 2.07. The highest BCUT2D eigenvalue weighted by Crippen LogP contribution is 2.21. The number of aliphatic carboxylic acids is 1. The molecule has 0 radical (unpaired) electrons. The quantitative estimate of drug-likeness (QED) is 0.642. The summed E-state index contributed by atoms with van der Waals surface area (Å²) in [7, 11) is 0. The van der Waals surface area contributed by atoms with E-state index in [0.717, 1.165) is 12.8 Å². The Morgan fingerprint density at radius 3 is 2.54 bits per heavy atom. The zero-order chi connectivity index (χ0) is 10.5. The molecule has 13 heavy (non-hydrogen) atoms. The second-order valence-electron chi connectivity index (χ2n) is 3.83. The molecular weight excluding hydrogens is 166 g/mol. The van der Waals surface area contributed by atoms with Crippen molar-refractivity contribution in [2.45, 2.75) is 39.7 Å². The van der Waals surface area contributed by atoms with Gasteiger partial charge in [0.05, 0.1) is 0 Å². The van der Waals surface area contributed by atoms with E-state index in [0.29, 0.717) is 0 Å². The standard InChI is InChI=1S/C10H19NO2/c1-4-5-6-7-10(2,3)8(11)9(12)13/h6-8H,4-5,11H2,1-3H3,(H,12,13)/b7-6+. The summed E-state index contributed by atoms with van der Waals surface area (Å²) in [6, 6.07) is -0.833. The molecule has 1 unspecified atom stereocenters. The second kappa shape index (κ2) is 5.02. The van der Waals surface area contributed by atoms with Gasteiger partial charge in [-0.05, 0) is 6.42 Å². The van der Waals surface area contributed by atoms with Crippen molar-refractivity contribution in [3.63, 3.8) is 0 Å². The normalized spacial score (nSPS) is 14.8. The van der Waals surface area contributed by atoms with Crippen molar-refractivity contribution >= 4 is 5.97 Å². The number of hydrogen-bond acceptors (Lipinski definition) is 2. The molecule has 0 amide bonds. The third kappa shape index (κ3) is 4.08. The molecule has 0 aromatic carbocycles. The predicted molar refractivity (Wildman–Crippen MR) is 53.4 cm³/mol. The number of carboxylic acid groups (broad SMARTS) is 1. The lowest BCUT2D eigenvalue weighted by atomic mass is 9.84. The van der Waals surface area contributed by atoms with Crippen molar-refractivity contribution < 1.29 is 9.90 Å². The zero-order valence-corrected chi connectivity index (χ0v) is 8.58. The van der Waals surface area contributed by atoms with Gasteiger partial charge in [0, 0.05) is 5.41 Å². The van der Waals surface area contributed by atoms with Crippen LogP contribution in [-0.4, -0.2) is 17.1 Å². The first-order valence-corrected chi connectivity index (χ1v) is 4.58. The Bertz CT molecular complexity index is 197. The predicted octanol–water partition coefficient (Wildman–Crippen LogP) is 1.78. The van der Waals surface area contributed by atoms with E-state index in [1.165, 1.54) is 0 Å². The fourth-order valence-electron chi connectivity index (χ4n) is 0.976. The smallest absolute Gasteiger partial charge is 0.321 e. The molecule has 1 atom stereocenters. The molecule has 0 saturated heterocycles. The van der Waals surface area contributed by atoms with Crippen LogP contribution < -0.4 is 5.73 Å². The molecule has 0 fully saturated rings. The maximum absolute atomic E-state index is 10.6. The van der Waals surface area contributed by atoms with E-state index in [-0.39, 0.29) is 0 Å². The average molecular weight is 185 g/mol. The Kier molecular flexibility index (Phi) is 4.70. The molecule has 0 aromatic rings. The van der Waals surface area contributed by atoms with Crippen molar-refractivity contribution in [2.24, 2.45) is 11.1 Å². The number of rotatable bonds is 5. The molecule has 0 heterocycles. The van der Waals surface area contributed by atoms with Gasteiger partial charge >= 0.3 is 5.97 Å². The van der Waals surface area contributed by atoms with Gasteiger partial charge in [-0.3, -0.25) is 4.79 Å². The van der Waals surface area contributed by atoms with Crippen LogP contribution in [0.25, 0.3) is 0 Å². The van der Waals surface area contributed by atoms with Crippen molar-refractivity contribution in [1.29, 1.82) is 0 Å². The molecule has 3 heteroatoms. The minimum absolute atomic E-state index is 0.471. The summed E-state index contributed by atoms with van der Waals surface area (Å²) in [6.07, 6.45) is 5.91. The molecule has 0 aliphatic rings. The molecule has 0 bridgehead atoms. The molecule has 76 valence electrons. The fourth-order valence-corrected chi connectivity index (χ4v) is 0.976. The number of carbonyl (C=O) groups is 1. The lowest BCUT2D eigenvalue weighted by Gasteiger charge is -2.24. The number of allylic oxidation sites excluding steroid dienone is 1. The van der Waals surface area contributed by atoms with Gasteiger partial charge in [0.1, 0.15) is 6.04 Å². The van der Waals surface area contributed by atoms with E-state index in [2.05, 4.69) is 6.92 Å². The van der Waals surface area contributed by atoms with Crippen LogP contribution >= 0.6 is 0 Å². The molecule has 0 aliphatic carbocycles. The van der Waals surface area contributed by atoms with Gasteiger partial charge in [-0.25, -0.2) is 0 Å². The van der Waals surface area contributed by atoms with E-state index >= 15 is 0 Å². The van der Waals surface area contributed by atoms with Crippen LogP contribution in [0.15, 0.2) is 12.2 Å². The van der Waals surface area contributed by atoms with Gasteiger partial charge in [0.2, 0.25) is 0 Å². The number of unbranched alkanes of at least 4 members (excludes halogenated alkanes) is 1. The first-order valence-electron chi connectivity index (χ1n) is 4.58. The first kappa shape index (κ1) is 12.2. The summed E-state index contributed by atoms with van der Waals surface area (Å²) in [5, 5.41) is 8.72. The lowest BCUT2D eigenvalue weighted by Crippen LogP contribution is -2.42. The van der Waals surface area contributed by atoms with E-state index in [1.54, 1.807) is 0 Å². The summed E-state index contributed by atoms with van der Waals surface area (Å²) in [6.45, 7) is 5.74. The van der Waals surface area contributed by atoms with Crippen molar-refractivity contribution in [3.8, 4) is 0 Å². The summed E-state index contributed by atoms with van der Waals surface area (Å²) in [5.74, 6) is -0.953. The van der Waals surface area contributed by atoms with Crippen molar-refractivity contribution in [1.82, 2.24) is 0 Å². The summed E-state index contributed by atoms with van der Waals surface area (Å²) < 4.78 is 0. The first-order chi connectivity index (χ1) is 5.91. The molecule has 0 aliphatic heterocycles. The highest BCUT2D eigenvalue weighted by atomic mass is 16.4. The van der Waals surface area contributed by atoms with Gasteiger partial charge in [0.15, 0.2) is 0 Å². The number of hydrogen-bond donors (Lipinski definition) is 2. The molecule has 0 saturated carbocycles. The van der Waals surface area contributed by atoms with E-state index in [9.17, 15) is 4.79 Å². The van der Waals surface area contributed by atoms with E-state index in [4.69, 9.17) is 10.8 Å². The largest absolute Gasteiger partial charge is 0.480 e. The fraction of sp³-hybridized carbons (Fsp3) is 0.700. The minimum Gasteiger partial charge on any atom is -0.480 e. The van der Waals surface area contributed by atoms with Crippen molar-refractivity contribution in [3.05, 3.63) is 12.2 Å². The lowest BCUT2D eigenvalue weighted by molar-refractivity contribution is -0.140.